The van der Waals surface area contributed by atoms with E-state index in [-0.39, 0.29) is 6.04 Å². The average molecular weight is 328 g/mol. The third-order valence-electron chi connectivity index (χ3n) is 4.96. The molecule has 4 heteroatoms. The highest BCUT2D eigenvalue weighted by atomic mass is 79.9. The molecule has 1 aliphatic carbocycles. The lowest BCUT2D eigenvalue weighted by atomic mass is 9.75. The molecule has 0 aliphatic heterocycles. The van der Waals surface area contributed by atoms with Gasteiger partial charge in [0.15, 0.2) is 0 Å². The second-order valence-corrected chi connectivity index (χ2v) is 6.69. The fourth-order valence-corrected chi connectivity index (χ4v) is 4.00. The number of aromatic nitrogens is 2. The molecule has 1 saturated carbocycles. The molecule has 0 aromatic carbocycles. The van der Waals surface area contributed by atoms with Crippen LogP contribution in [0.15, 0.2) is 4.47 Å². The van der Waals surface area contributed by atoms with Crippen LogP contribution in [0.25, 0.3) is 0 Å². The fourth-order valence-electron chi connectivity index (χ4n) is 3.55. The van der Waals surface area contributed by atoms with Gasteiger partial charge in [0.2, 0.25) is 0 Å². The second-order valence-electron chi connectivity index (χ2n) is 5.90. The smallest absolute Gasteiger partial charge is 0.0738 e. The molecule has 1 aliphatic rings. The summed E-state index contributed by atoms with van der Waals surface area (Å²) in [5.74, 6) is 0. The minimum absolute atomic E-state index is 0.248. The molecular formula is C15H26BrN3. The summed E-state index contributed by atoms with van der Waals surface area (Å²) in [6.07, 6.45) is 7.40. The predicted octanol–water partition coefficient (Wildman–Crippen LogP) is 3.81. The zero-order valence-electron chi connectivity index (χ0n) is 12.4. The highest BCUT2D eigenvalue weighted by Crippen LogP contribution is 2.44. The van der Waals surface area contributed by atoms with Crippen LogP contribution >= 0.6 is 15.9 Å². The lowest BCUT2D eigenvalue weighted by molar-refractivity contribution is 0.216. The van der Waals surface area contributed by atoms with Gasteiger partial charge in [0.25, 0.3) is 0 Å². The van der Waals surface area contributed by atoms with Crippen molar-refractivity contribution in [3.8, 4) is 0 Å². The number of rotatable bonds is 5. The molecule has 2 N–H and O–H groups in total. The monoisotopic (exact) mass is 327 g/mol. The summed E-state index contributed by atoms with van der Waals surface area (Å²) in [6.45, 7) is 7.39. The molecule has 0 amide bonds. The Hall–Kier alpha value is -0.350. The molecule has 1 unspecified atom stereocenters. The van der Waals surface area contributed by atoms with Crippen LogP contribution in [0.3, 0.4) is 0 Å². The second kappa shape index (κ2) is 5.96. The first-order valence-electron chi connectivity index (χ1n) is 7.51. The van der Waals surface area contributed by atoms with Gasteiger partial charge in [-0.05, 0) is 54.5 Å². The Labute approximate surface area is 125 Å². The van der Waals surface area contributed by atoms with Crippen molar-refractivity contribution < 1.29 is 0 Å². The number of nitrogens with zero attached hydrogens (tertiary/aromatic N) is 2. The molecule has 1 aromatic rings. The minimum Gasteiger partial charge on any atom is -0.327 e. The Morgan fingerprint density at radius 1 is 1.37 bits per heavy atom. The molecule has 0 radical (unpaired) electrons. The Morgan fingerprint density at radius 2 is 2.00 bits per heavy atom. The summed E-state index contributed by atoms with van der Waals surface area (Å²) in [4.78, 5) is 0. The van der Waals surface area contributed by atoms with Gasteiger partial charge in [0.1, 0.15) is 0 Å². The Bertz CT molecular complexity index is 433. The average Bonchev–Trinajstić information content (AvgIpc) is 2.99. The molecule has 1 aromatic heterocycles. The highest BCUT2D eigenvalue weighted by Gasteiger charge is 2.38. The Balaban J connectivity index is 2.20. The van der Waals surface area contributed by atoms with E-state index >= 15 is 0 Å². The highest BCUT2D eigenvalue weighted by molar-refractivity contribution is 9.10. The Morgan fingerprint density at radius 3 is 2.53 bits per heavy atom. The Kier molecular flexibility index (Phi) is 4.72. The van der Waals surface area contributed by atoms with Crippen molar-refractivity contribution in [3.63, 3.8) is 0 Å². The summed E-state index contributed by atoms with van der Waals surface area (Å²) in [5, 5.41) is 4.57. The molecule has 3 nitrogen and oxygen atoms in total. The quantitative estimate of drug-likeness (QED) is 0.893. The van der Waals surface area contributed by atoms with E-state index in [2.05, 4.69) is 46.5 Å². The van der Waals surface area contributed by atoms with Gasteiger partial charge >= 0.3 is 0 Å². The van der Waals surface area contributed by atoms with Crippen molar-refractivity contribution in [3.05, 3.63) is 15.9 Å². The lowest BCUT2D eigenvalue weighted by Crippen LogP contribution is -2.41. The van der Waals surface area contributed by atoms with Crippen LogP contribution < -0.4 is 5.73 Å². The summed E-state index contributed by atoms with van der Waals surface area (Å²) in [6, 6.07) is 0.248. The fraction of sp³-hybridized carbons (Fsp3) is 0.800. The number of nitrogens with two attached hydrogens (primary N) is 1. The van der Waals surface area contributed by atoms with Gasteiger partial charge in [-0.2, -0.15) is 5.10 Å². The van der Waals surface area contributed by atoms with Crippen molar-refractivity contribution >= 4 is 15.9 Å². The maximum atomic E-state index is 6.60. The van der Waals surface area contributed by atoms with Crippen LogP contribution in [0.2, 0.25) is 0 Å². The third kappa shape index (κ3) is 2.75. The van der Waals surface area contributed by atoms with Crippen molar-refractivity contribution in [2.45, 2.75) is 71.9 Å². The van der Waals surface area contributed by atoms with E-state index in [0.29, 0.717) is 5.41 Å². The summed E-state index contributed by atoms with van der Waals surface area (Å²) in [7, 11) is 0. The van der Waals surface area contributed by atoms with E-state index in [4.69, 9.17) is 5.73 Å². The van der Waals surface area contributed by atoms with Gasteiger partial charge in [-0.15, -0.1) is 0 Å². The number of aryl methyl sites for hydroxylation is 2. The number of hydrogen-bond donors (Lipinski definition) is 1. The normalized spacial score (nSPS) is 19.8. The van der Waals surface area contributed by atoms with Gasteiger partial charge in [0, 0.05) is 19.0 Å². The van der Waals surface area contributed by atoms with Crippen molar-refractivity contribution in [1.82, 2.24) is 9.78 Å². The minimum atomic E-state index is 0.248. The molecule has 1 heterocycles. The first kappa shape index (κ1) is 15.0. The zero-order valence-corrected chi connectivity index (χ0v) is 14.0. The summed E-state index contributed by atoms with van der Waals surface area (Å²) in [5.41, 5.74) is 9.29. The van der Waals surface area contributed by atoms with Gasteiger partial charge in [-0.1, -0.05) is 19.8 Å². The molecule has 0 saturated heterocycles. The zero-order chi connectivity index (χ0) is 14.0. The van der Waals surface area contributed by atoms with Crippen molar-refractivity contribution in [2.75, 3.05) is 0 Å². The molecule has 108 valence electrons. The molecule has 2 rings (SSSR count). The van der Waals surface area contributed by atoms with E-state index in [0.717, 1.165) is 23.1 Å². The number of halogens is 1. The SMILES string of the molecule is CCn1nc(C)c(Br)c1CC(N)C1(CC)CCCC1. The van der Waals surface area contributed by atoms with Gasteiger partial charge in [-0.3, -0.25) is 4.68 Å². The van der Waals surface area contributed by atoms with Crippen LogP contribution in [0, 0.1) is 12.3 Å². The maximum Gasteiger partial charge on any atom is 0.0738 e. The van der Waals surface area contributed by atoms with Crippen LogP contribution in [0.5, 0.6) is 0 Å². The largest absolute Gasteiger partial charge is 0.327 e. The van der Waals surface area contributed by atoms with Crippen LogP contribution in [0.1, 0.15) is 57.3 Å². The first-order valence-corrected chi connectivity index (χ1v) is 8.30. The van der Waals surface area contributed by atoms with Crippen molar-refractivity contribution in [1.29, 1.82) is 0 Å². The van der Waals surface area contributed by atoms with E-state index < -0.39 is 0 Å². The van der Waals surface area contributed by atoms with Gasteiger partial charge in [-0.25, -0.2) is 0 Å². The molecule has 0 bridgehead atoms. The van der Waals surface area contributed by atoms with Gasteiger partial charge in [0.05, 0.1) is 15.9 Å². The molecule has 1 fully saturated rings. The van der Waals surface area contributed by atoms with Gasteiger partial charge < -0.3 is 5.73 Å². The topological polar surface area (TPSA) is 43.8 Å². The number of hydrogen-bond acceptors (Lipinski definition) is 2. The van der Waals surface area contributed by atoms with Crippen LogP contribution in [-0.2, 0) is 13.0 Å². The van der Waals surface area contributed by atoms with Crippen molar-refractivity contribution in [2.24, 2.45) is 11.1 Å². The van der Waals surface area contributed by atoms with E-state index in [1.807, 2.05) is 0 Å². The summed E-state index contributed by atoms with van der Waals surface area (Å²) < 4.78 is 3.24. The molecule has 0 spiro atoms. The van der Waals surface area contributed by atoms with E-state index in [9.17, 15) is 0 Å². The maximum absolute atomic E-state index is 6.60. The molecule has 19 heavy (non-hydrogen) atoms. The predicted molar refractivity (Wildman–Crippen MR) is 83.2 cm³/mol. The third-order valence-corrected chi connectivity index (χ3v) is 5.99. The summed E-state index contributed by atoms with van der Waals surface area (Å²) >= 11 is 3.68. The van der Waals surface area contributed by atoms with Crippen LogP contribution in [0.4, 0.5) is 0 Å². The lowest BCUT2D eigenvalue weighted by Gasteiger charge is -2.34. The van der Waals surface area contributed by atoms with Crippen LogP contribution in [-0.4, -0.2) is 15.8 Å². The van der Waals surface area contributed by atoms with E-state index in [1.54, 1.807) is 0 Å². The molecular weight excluding hydrogens is 302 g/mol. The van der Waals surface area contributed by atoms with E-state index in [1.165, 1.54) is 37.8 Å². The first-order chi connectivity index (χ1) is 9.04. The standard InChI is InChI=1S/C15H26BrN3/c1-4-15(8-6-7-9-15)13(17)10-12-14(16)11(3)18-19(12)5-2/h13H,4-10,17H2,1-3H3. The molecule has 1 atom stereocenters.